The van der Waals surface area contributed by atoms with Crippen molar-refractivity contribution in [2.75, 3.05) is 30.9 Å². The molecule has 2 aromatic rings. The molecule has 1 saturated heterocycles. The fourth-order valence-corrected chi connectivity index (χ4v) is 3.24. The number of carbonyl (C=O) groups is 2. The van der Waals surface area contributed by atoms with E-state index < -0.39 is 6.04 Å². The summed E-state index contributed by atoms with van der Waals surface area (Å²) in [4.78, 5) is 33.5. The molecule has 1 N–H and O–H groups in total. The summed E-state index contributed by atoms with van der Waals surface area (Å²) in [5.41, 5.74) is 1.16. The highest BCUT2D eigenvalue weighted by Crippen LogP contribution is 2.25. The van der Waals surface area contributed by atoms with Crippen molar-refractivity contribution in [1.29, 1.82) is 0 Å². The smallest absolute Gasteiger partial charge is 0.258 e. The van der Waals surface area contributed by atoms with Gasteiger partial charge in [0.1, 0.15) is 11.9 Å². The van der Waals surface area contributed by atoms with Gasteiger partial charge >= 0.3 is 0 Å². The van der Waals surface area contributed by atoms with Crippen LogP contribution < -0.4 is 10.2 Å². The zero-order valence-electron chi connectivity index (χ0n) is 14.8. The van der Waals surface area contributed by atoms with Crippen LogP contribution in [0.3, 0.4) is 0 Å². The first kappa shape index (κ1) is 18.2. The number of hydrogen-bond acceptors (Lipinski definition) is 4. The quantitative estimate of drug-likeness (QED) is 0.895. The van der Waals surface area contributed by atoms with Crippen LogP contribution in [0.25, 0.3) is 0 Å². The number of nitrogens with zero attached hydrogens (tertiary/aromatic N) is 3. The number of nitrogens with one attached hydrogen (secondary N) is 1. The molecule has 136 valence electrons. The van der Waals surface area contributed by atoms with Crippen molar-refractivity contribution in [2.45, 2.75) is 18.9 Å². The second-order valence-corrected chi connectivity index (χ2v) is 6.86. The average molecular weight is 373 g/mol. The van der Waals surface area contributed by atoms with E-state index in [1.807, 2.05) is 14.1 Å². The van der Waals surface area contributed by atoms with Gasteiger partial charge in [0.15, 0.2) is 0 Å². The van der Waals surface area contributed by atoms with Crippen molar-refractivity contribution in [2.24, 2.45) is 0 Å². The van der Waals surface area contributed by atoms with Crippen molar-refractivity contribution < 1.29 is 9.59 Å². The van der Waals surface area contributed by atoms with E-state index in [2.05, 4.69) is 10.3 Å². The predicted octanol–water partition coefficient (Wildman–Crippen LogP) is 3.04. The summed E-state index contributed by atoms with van der Waals surface area (Å²) in [6, 6.07) is 9.91. The SMILES string of the molecule is CN(C)c1ncccc1C(=O)N1CCC[C@@H]1C(=O)Nc1ccc(Cl)cc1. The zero-order chi connectivity index (χ0) is 18.7. The number of benzene rings is 1. The van der Waals surface area contributed by atoms with Crippen LogP contribution in [-0.2, 0) is 4.79 Å². The van der Waals surface area contributed by atoms with Gasteiger partial charge in [-0.25, -0.2) is 4.98 Å². The molecule has 3 rings (SSSR count). The largest absolute Gasteiger partial charge is 0.362 e. The molecule has 26 heavy (non-hydrogen) atoms. The maximum atomic E-state index is 13.0. The molecule has 1 atom stereocenters. The summed E-state index contributed by atoms with van der Waals surface area (Å²) in [6.45, 7) is 0.555. The van der Waals surface area contributed by atoms with Crippen molar-refractivity contribution in [1.82, 2.24) is 9.88 Å². The van der Waals surface area contributed by atoms with Crippen LogP contribution in [0, 0.1) is 0 Å². The standard InChI is InChI=1S/C19H21ClN4O2/c1-23(2)17-15(5-3-11-21-17)19(26)24-12-4-6-16(24)18(25)22-14-9-7-13(20)8-10-14/h3,5,7-11,16H,4,6,12H2,1-2H3,(H,22,25)/t16-/m1/s1. The Bertz CT molecular complexity index is 807. The van der Waals surface area contributed by atoms with E-state index in [1.54, 1.807) is 52.4 Å². The molecule has 0 unspecified atom stereocenters. The number of rotatable bonds is 4. The third-order valence-electron chi connectivity index (χ3n) is 4.37. The highest BCUT2D eigenvalue weighted by atomic mass is 35.5. The fraction of sp³-hybridized carbons (Fsp3) is 0.316. The van der Waals surface area contributed by atoms with Crippen LogP contribution in [0.2, 0.25) is 5.02 Å². The minimum absolute atomic E-state index is 0.171. The number of carbonyl (C=O) groups excluding carboxylic acids is 2. The molecule has 7 heteroatoms. The molecule has 1 aliphatic heterocycles. The number of aromatic nitrogens is 1. The topological polar surface area (TPSA) is 65.5 Å². The molecule has 6 nitrogen and oxygen atoms in total. The van der Waals surface area contributed by atoms with Gasteiger partial charge in [0, 0.05) is 37.5 Å². The van der Waals surface area contributed by atoms with E-state index in [0.29, 0.717) is 35.1 Å². The van der Waals surface area contributed by atoms with Gasteiger partial charge in [-0.1, -0.05) is 11.6 Å². The van der Waals surface area contributed by atoms with Crippen molar-refractivity contribution >= 4 is 34.9 Å². The molecule has 0 radical (unpaired) electrons. The summed E-state index contributed by atoms with van der Waals surface area (Å²) >= 11 is 5.87. The Labute approximate surface area is 157 Å². The predicted molar refractivity (Wildman–Crippen MR) is 103 cm³/mol. The maximum absolute atomic E-state index is 13.0. The summed E-state index contributed by atoms with van der Waals surface area (Å²) < 4.78 is 0. The average Bonchev–Trinajstić information content (AvgIpc) is 3.13. The van der Waals surface area contributed by atoms with Crippen LogP contribution >= 0.6 is 11.6 Å². The Kier molecular flexibility index (Phi) is 5.42. The Balaban J connectivity index is 1.78. The van der Waals surface area contributed by atoms with Gasteiger partial charge in [-0.2, -0.15) is 0 Å². The third kappa shape index (κ3) is 3.80. The molecular formula is C19H21ClN4O2. The molecule has 0 aliphatic carbocycles. The number of anilines is 2. The van der Waals surface area contributed by atoms with Gasteiger partial charge in [0.25, 0.3) is 5.91 Å². The van der Waals surface area contributed by atoms with E-state index in [1.165, 1.54) is 0 Å². The molecular weight excluding hydrogens is 352 g/mol. The molecule has 0 spiro atoms. The zero-order valence-corrected chi connectivity index (χ0v) is 15.5. The highest BCUT2D eigenvalue weighted by Gasteiger charge is 2.35. The molecule has 0 saturated carbocycles. The Morgan fingerprint density at radius 1 is 1.23 bits per heavy atom. The monoisotopic (exact) mass is 372 g/mol. The van der Waals surface area contributed by atoms with Gasteiger partial charge in [-0.05, 0) is 49.2 Å². The molecule has 1 fully saturated rings. The molecule has 1 aliphatic rings. The lowest BCUT2D eigenvalue weighted by Crippen LogP contribution is -2.43. The van der Waals surface area contributed by atoms with Gasteiger partial charge in [0.05, 0.1) is 5.56 Å². The minimum atomic E-state index is -0.492. The van der Waals surface area contributed by atoms with E-state index >= 15 is 0 Å². The fourth-order valence-electron chi connectivity index (χ4n) is 3.12. The first-order chi connectivity index (χ1) is 12.5. The number of pyridine rings is 1. The first-order valence-electron chi connectivity index (χ1n) is 8.47. The lowest BCUT2D eigenvalue weighted by Gasteiger charge is -2.25. The van der Waals surface area contributed by atoms with Crippen LogP contribution in [0.15, 0.2) is 42.6 Å². The number of amides is 2. The van der Waals surface area contributed by atoms with Crippen LogP contribution in [0.5, 0.6) is 0 Å². The van der Waals surface area contributed by atoms with Gasteiger partial charge in [-0.15, -0.1) is 0 Å². The van der Waals surface area contributed by atoms with Crippen molar-refractivity contribution in [3.63, 3.8) is 0 Å². The Hall–Kier alpha value is -2.60. The van der Waals surface area contributed by atoms with Crippen LogP contribution in [-0.4, -0.2) is 48.4 Å². The molecule has 2 heterocycles. The first-order valence-corrected chi connectivity index (χ1v) is 8.85. The van der Waals surface area contributed by atoms with Crippen LogP contribution in [0.4, 0.5) is 11.5 Å². The highest BCUT2D eigenvalue weighted by molar-refractivity contribution is 6.30. The van der Waals surface area contributed by atoms with Gasteiger partial charge < -0.3 is 15.1 Å². The molecule has 2 amide bonds. The summed E-state index contributed by atoms with van der Waals surface area (Å²) in [5.74, 6) is 0.241. The van der Waals surface area contributed by atoms with Crippen molar-refractivity contribution in [3.05, 3.63) is 53.2 Å². The number of likely N-dealkylation sites (tertiary alicyclic amines) is 1. The summed E-state index contributed by atoms with van der Waals surface area (Å²) in [7, 11) is 3.68. The lowest BCUT2D eigenvalue weighted by molar-refractivity contribution is -0.119. The van der Waals surface area contributed by atoms with Gasteiger partial charge in [-0.3, -0.25) is 9.59 Å². The van der Waals surface area contributed by atoms with E-state index in [-0.39, 0.29) is 11.8 Å². The minimum Gasteiger partial charge on any atom is -0.362 e. The third-order valence-corrected chi connectivity index (χ3v) is 4.62. The normalized spacial score (nSPS) is 16.4. The second-order valence-electron chi connectivity index (χ2n) is 6.42. The lowest BCUT2D eigenvalue weighted by atomic mass is 10.1. The van der Waals surface area contributed by atoms with E-state index in [4.69, 9.17) is 11.6 Å². The van der Waals surface area contributed by atoms with Gasteiger partial charge in [0.2, 0.25) is 5.91 Å². The molecule has 1 aromatic carbocycles. The molecule has 0 bridgehead atoms. The van der Waals surface area contributed by atoms with E-state index in [0.717, 1.165) is 6.42 Å². The number of halogens is 1. The maximum Gasteiger partial charge on any atom is 0.258 e. The Morgan fingerprint density at radius 2 is 1.96 bits per heavy atom. The van der Waals surface area contributed by atoms with Crippen LogP contribution in [0.1, 0.15) is 23.2 Å². The number of hydrogen-bond donors (Lipinski definition) is 1. The summed E-state index contributed by atoms with van der Waals surface area (Å²) in [5, 5.41) is 3.47. The summed E-state index contributed by atoms with van der Waals surface area (Å²) in [6.07, 6.45) is 3.09. The van der Waals surface area contributed by atoms with Crippen molar-refractivity contribution in [3.8, 4) is 0 Å². The molecule has 1 aromatic heterocycles. The van der Waals surface area contributed by atoms with E-state index in [9.17, 15) is 9.59 Å². The second kappa shape index (κ2) is 7.74. The Morgan fingerprint density at radius 3 is 2.65 bits per heavy atom.